The number of hydrogen-bond donors (Lipinski definition) is 1. The summed E-state index contributed by atoms with van der Waals surface area (Å²) in [7, 11) is 0. The largest absolute Gasteiger partial charge is 0.494 e. The minimum Gasteiger partial charge on any atom is -0.494 e. The van der Waals surface area contributed by atoms with Crippen molar-refractivity contribution in [1.29, 1.82) is 0 Å². The number of hydrogen-bond acceptors (Lipinski definition) is 2. The molecule has 2 aromatic carbocycles. The molecule has 0 aliphatic heterocycles. The van der Waals surface area contributed by atoms with E-state index in [9.17, 15) is 23.1 Å². The quantitative estimate of drug-likeness (QED) is 0.565. The maximum atomic E-state index is 12.8. The average molecular weight is 394 g/mol. The molecule has 1 N–H and O–H groups in total. The first-order valence-electron chi connectivity index (χ1n) is 9.30. The molecule has 28 heavy (non-hydrogen) atoms. The fraction of sp³-hybridized carbons (Fsp3) is 0.409. The number of benzene rings is 2. The molecule has 0 aliphatic rings. The van der Waals surface area contributed by atoms with Crippen LogP contribution in [0.4, 0.5) is 13.2 Å². The normalized spacial score (nSPS) is 12.8. The summed E-state index contributed by atoms with van der Waals surface area (Å²) in [5, 5.41) is 9.66. The van der Waals surface area contributed by atoms with Gasteiger partial charge in [0.25, 0.3) is 0 Å². The summed E-state index contributed by atoms with van der Waals surface area (Å²) in [6, 6.07) is 10.0. The van der Waals surface area contributed by atoms with E-state index in [1.54, 1.807) is 18.2 Å². The van der Waals surface area contributed by atoms with Crippen LogP contribution in [-0.4, -0.2) is 17.7 Å². The third-order valence-electron chi connectivity index (χ3n) is 4.35. The molecule has 1 atom stereocenters. The molecule has 0 heterocycles. The smallest absolute Gasteiger partial charge is 0.416 e. The molecule has 2 aromatic rings. The molecular formula is C22H25F3O3. The van der Waals surface area contributed by atoms with E-state index < -0.39 is 23.6 Å². The lowest BCUT2D eigenvalue weighted by atomic mass is 9.88. The molecular weight excluding hydrogens is 369 g/mol. The van der Waals surface area contributed by atoms with Crippen molar-refractivity contribution in [1.82, 2.24) is 0 Å². The standard InChI is InChI=1S/C22H25F3O3/c1-4-9-28-19-12-16(15-5-7-18(8-6-15)22(23,24)25)11-17(13-19)20(21(26)27)10-14(2)3/h5-8,11-14,20H,4,9-10H2,1-3H3,(H,26,27). The van der Waals surface area contributed by atoms with Gasteiger partial charge in [0.1, 0.15) is 5.75 Å². The monoisotopic (exact) mass is 394 g/mol. The Hall–Kier alpha value is -2.50. The van der Waals surface area contributed by atoms with E-state index in [0.717, 1.165) is 18.6 Å². The minimum atomic E-state index is -4.40. The summed E-state index contributed by atoms with van der Waals surface area (Å²) in [4.78, 5) is 11.8. The zero-order chi connectivity index (χ0) is 20.9. The highest BCUT2D eigenvalue weighted by atomic mass is 19.4. The van der Waals surface area contributed by atoms with E-state index in [1.165, 1.54) is 12.1 Å². The van der Waals surface area contributed by atoms with Gasteiger partial charge in [-0.2, -0.15) is 13.2 Å². The summed E-state index contributed by atoms with van der Waals surface area (Å²) in [6.07, 6.45) is -3.16. The molecule has 2 rings (SSSR count). The van der Waals surface area contributed by atoms with Crippen LogP contribution >= 0.6 is 0 Å². The van der Waals surface area contributed by atoms with Gasteiger partial charge >= 0.3 is 12.1 Å². The summed E-state index contributed by atoms with van der Waals surface area (Å²) in [6.45, 7) is 6.32. The maximum absolute atomic E-state index is 12.8. The van der Waals surface area contributed by atoms with Crippen molar-refractivity contribution in [2.75, 3.05) is 6.61 Å². The van der Waals surface area contributed by atoms with Crippen LogP contribution in [0.2, 0.25) is 0 Å². The van der Waals surface area contributed by atoms with E-state index in [-0.39, 0.29) is 5.92 Å². The Morgan fingerprint density at radius 1 is 1.07 bits per heavy atom. The van der Waals surface area contributed by atoms with Crippen LogP contribution in [0.15, 0.2) is 42.5 Å². The van der Waals surface area contributed by atoms with Gasteiger partial charge < -0.3 is 9.84 Å². The summed E-state index contributed by atoms with van der Waals surface area (Å²) in [5.74, 6) is -0.946. The molecule has 1 unspecified atom stereocenters. The Kier molecular flexibility index (Phi) is 7.11. The molecule has 3 nitrogen and oxygen atoms in total. The van der Waals surface area contributed by atoms with Gasteiger partial charge in [-0.25, -0.2) is 0 Å². The molecule has 0 fully saturated rings. The first-order chi connectivity index (χ1) is 13.1. The fourth-order valence-corrected chi connectivity index (χ4v) is 3.00. The van der Waals surface area contributed by atoms with E-state index in [4.69, 9.17) is 4.74 Å². The molecule has 152 valence electrons. The predicted octanol–water partition coefficient (Wildman–Crippen LogP) is 6.38. The Morgan fingerprint density at radius 3 is 2.21 bits per heavy atom. The Labute approximate surface area is 163 Å². The molecule has 0 amide bonds. The van der Waals surface area contributed by atoms with Crippen molar-refractivity contribution in [2.24, 2.45) is 5.92 Å². The first-order valence-corrected chi connectivity index (χ1v) is 9.30. The van der Waals surface area contributed by atoms with Crippen LogP contribution in [0.3, 0.4) is 0 Å². The zero-order valence-corrected chi connectivity index (χ0v) is 16.2. The second kappa shape index (κ2) is 9.13. The highest BCUT2D eigenvalue weighted by Gasteiger charge is 2.30. The lowest BCUT2D eigenvalue weighted by Crippen LogP contribution is -2.14. The summed E-state index contributed by atoms with van der Waals surface area (Å²) >= 11 is 0. The lowest BCUT2D eigenvalue weighted by molar-refractivity contribution is -0.139. The van der Waals surface area contributed by atoms with Gasteiger partial charge in [0.15, 0.2) is 0 Å². The third-order valence-corrected chi connectivity index (χ3v) is 4.35. The van der Waals surface area contributed by atoms with Crippen LogP contribution in [0.1, 0.15) is 50.7 Å². The number of ether oxygens (including phenoxy) is 1. The summed E-state index contributed by atoms with van der Waals surface area (Å²) < 4.78 is 44.2. The van der Waals surface area contributed by atoms with Crippen molar-refractivity contribution in [3.05, 3.63) is 53.6 Å². The molecule has 0 bridgehead atoms. The Bertz CT molecular complexity index is 796. The predicted molar refractivity (Wildman–Crippen MR) is 102 cm³/mol. The van der Waals surface area contributed by atoms with Gasteiger partial charge in [0.05, 0.1) is 18.1 Å². The Balaban J connectivity index is 2.49. The van der Waals surface area contributed by atoms with Crippen LogP contribution in [0.25, 0.3) is 11.1 Å². The van der Waals surface area contributed by atoms with Crippen LogP contribution < -0.4 is 4.74 Å². The molecule has 0 aliphatic carbocycles. The highest BCUT2D eigenvalue weighted by Crippen LogP contribution is 2.35. The van der Waals surface area contributed by atoms with E-state index >= 15 is 0 Å². The zero-order valence-electron chi connectivity index (χ0n) is 16.2. The van der Waals surface area contributed by atoms with Crippen LogP contribution in [0, 0.1) is 5.92 Å². The molecule has 0 spiro atoms. The topological polar surface area (TPSA) is 46.5 Å². The second-order valence-corrected chi connectivity index (χ2v) is 7.23. The van der Waals surface area contributed by atoms with Gasteiger partial charge in [0.2, 0.25) is 0 Å². The van der Waals surface area contributed by atoms with Crippen molar-refractivity contribution < 1.29 is 27.8 Å². The molecule has 0 aromatic heterocycles. The van der Waals surface area contributed by atoms with Crippen molar-refractivity contribution in [2.45, 2.75) is 45.7 Å². The molecule has 6 heteroatoms. The van der Waals surface area contributed by atoms with Gasteiger partial charge in [0, 0.05) is 0 Å². The molecule has 0 saturated carbocycles. The third kappa shape index (κ3) is 5.75. The number of carboxylic acids is 1. The number of halogens is 3. The highest BCUT2D eigenvalue weighted by molar-refractivity contribution is 5.78. The number of rotatable bonds is 8. The van der Waals surface area contributed by atoms with Crippen LogP contribution in [-0.2, 0) is 11.0 Å². The number of alkyl halides is 3. The van der Waals surface area contributed by atoms with Gasteiger partial charge in [-0.3, -0.25) is 4.79 Å². The van der Waals surface area contributed by atoms with Gasteiger partial charge in [-0.15, -0.1) is 0 Å². The number of carbonyl (C=O) groups is 1. The van der Waals surface area contributed by atoms with E-state index in [1.807, 2.05) is 20.8 Å². The SMILES string of the molecule is CCCOc1cc(-c2ccc(C(F)(F)F)cc2)cc(C(CC(C)C)C(=O)O)c1. The minimum absolute atomic E-state index is 0.177. The van der Waals surface area contributed by atoms with Crippen LogP contribution in [0.5, 0.6) is 5.75 Å². The van der Waals surface area contributed by atoms with E-state index in [0.29, 0.717) is 35.5 Å². The molecule has 0 saturated heterocycles. The van der Waals surface area contributed by atoms with E-state index in [2.05, 4.69) is 0 Å². The van der Waals surface area contributed by atoms with Gasteiger partial charge in [-0.1, -0.05) is 39.0 Å². The summed E-state index contributed by atoms with van der Waals surface area (Å²) in [5.41, 5.74) is 1.07. The average Bonchev–Trinajstić information content (AvgIpc) is 2.63. The molecule has 0 radical (unpaired) electrons. The van der Waals surface area contributed by atoms with Crippen molar-refractivity contribution >= 4 is 5.97 Å². The van der Waals surface area contributed by atoms with Gasteiger partial charge in [-0.05, 0) is 59.7 Å². The second-order valence-electron chi connectivity index (χ2n) is 7.23. The van der Waals surface area contributed by atoms with Crippen molar-refractivity contribution in [3.8, 4) is 16.9 Å². The number of aliphatic carboxylic acids is 1. The first kappa shape index (κ1) is 21.8. The Morgan fingerprint density at radius 2 is 1.71 bits per heavy atom. The lowest BCUT2D eigenvalue weighted by Gasteiger charge is -2.18. The fourth-order valence-electron chi connectivity index (χ4n) is 3.00. The maximum Gasteiger partial charge on any atom is 0.416 e. The number of carboxylic acid groups (broad SMARTS) is 1. The van der Waals surface area contributed by atoms with Crippen molar-refractivity contribution in [3.63, 3.8) is 0 Å².